The van der Waals surface area contributed by atoms with E-state index in [2.05, 4.69) is 5.32 Å². The second kappa shape index (κ2) is 7.38. The maximum atomic E-state index is 15.2. The third-order valence-electron chi connectivity index (χ3n) is 7.23. The Morgan fingerprint density at radius 3 is 2.53 bits per heavy atom. The molecule has 1 heterocycles. The van der Waals surface area contributed by atoms with Crippen molar-refractivity contribution in [1.29, 1.82) is 0 Å². The van der Waals surface area contributed by atoms with E-state index in [1.54, 1.807) is 0 Å². The molecule has 3 aliphatic rings. The molecule has 6 nitrogen and oxygen atoms in total. The van der Waals surface area contributed by atoms with Gasteiger partial charge in [0.05, 0.1) is 16.1 Å². The number of carbonyl (C=O) groups is 3. The van der Waals surface area contributed by atoms with Gasteiger partial charge in [0, 0.05) is 11.5 Å². The summed E-state index contributed by atoms with van der Waals surface area (Å²) < 4.78 is 15.2. The lowest BCUT2D eigenvalue weighted by Crippen LogP contribution is -2.53. The van der Waals surface area contributed by atoms with Crippen molar-refractivity contribution in [2.45, 2.75) is 63.5 Å². The van der Waals surface area contributed by atoms with Crippen LogP contribution in [0.5, 0.6) is 0 Å². The summed E-state index contributed by atoms with van der Waals surface area (Å²) in [5.74, 6) is -2.08. The topological polar surface area (TPSA) is 92.5 Å². The molecule has 1 aromatic carbocycles. The van der Waals surface area contributed by atoms with E-state index >= 15 is 4.39 Å². The van der Waals surface area contributed by atoms with Crippen LogP contribution < -0.4 is 11.1 Å². The number of amides is 4. The number of hydrogen-bond acceptors (Lipinski definition) is 3. The molecule has 4 amide bonds. The Labute approximate surface area is 184 Å². The van der Waals surface area contributed by atoms with Crippen LogP contribution in [0.2, 0.25) is 10.0 Å². The molecule has 0 aromatic heterocycles. The predicted octanol–water partition coefficient (Wildman–Crippen LogP) is 4.33. The van der Waals surface area contributed by atoms with Gasteiger partial charge in [-0.2, -0.15) is 0 Å². The number of nitrogens with zero attached hydrogens (tertiary/aromatic N) is 1. The molecule has 1 saturated heterocycles. The number of carbonyl (C=O) groups excluding carboxylic acids is 3. The molecule has 4 rings (SSSR count). The van der Waals surface area contributed by atoms with Crippen LogP contribution in [0.25, 0.3) is 0 Å². The molecule has 3 atom stereocenters. The van der Waals surface area contributed by atoms with Crippen LogP contribution in [-0.4, -0.2) is 28.3 Å². The lowest BCUT2D eigenvalue weighted by molar-refractivity contribution is -0.128. The van der Waals surface area contributed by atoms with Crippen LogP contribution in [0.1, 0.15) is 63.5 Å². The van der Waals surface area contributed by atoms with E-state index in [1.165, 1.54) is 17.0 Å². The van der Waals surface area contributed by atoms with Gasteiger partial charge in [0.2, 0.25) is 5.91 Å². The lowest BCUT2D eigenvalue weighted by atomic mass is 9.74. The van der Waals surface area contributed by atoms with E-state index in [4.69, 9.17) is 28.9 Å². The fourth-order valence-corrected chi connectivity index (χ4v) is 6.09. The van der Waals surface area contributed by atoms with Gasteiger partial charge in [-0.3, -0.25) is 14.9 Å². The van der Waals surface area contributed by atoms with E-state index < -0.39 is 46.6 Å². The number of hydrogen-bond donors (Lipinski definition) is 2. The Kier molecular flexibility index (Phi) is 5.26. The molecule has 1 spiro atoms. The highest BCUT2D eigenvalue weighted by molar-refractivity contribution is 6.42. The molecule has 2 unspecified atom stereocenters. The first kappa shape index (κ1) is 21.4. The fourth-order valence-electron chi connectivity index (χ4n) is 5.67. The first-order valence-electron chi connectivity index (χ1n) is 10.2. The van der Waals surface area contributed by atoms with Gasteiger partial charge in [-0.25, -0.2) is 9.18 Å². The monoisotopic (exact) mass is 455 g/mol. The molecule has 9 heteroatoms. The number of benzene rings is 1. The van der Waals surface area contributed by atoms with Crippen LogP contribution >= 0.6 is 23.2 Å². The smallest absolute Gasteiger partial charge is 0.325 e. The third kappa shape index (κ3) is 3.09. The van der Waals surface area contributed by atoms with Crippen molar-refractivity contribution in [3.8, 4) is 0 Å². The molecule has 162 valence electrons. The number of imide groups is 1. The summed E-state index contributed by atoms with van der Waals surface area (Å²) in [6, 6.07) is 1.21. The number of primary amides is 1. The molecule has 1 aromatic rings. The van der Waals surface area contributed by atoms with E-state index in [0.717, 1.165) is 25.7 Å². The molecular formula is C21H24Cl2FN3O3. The minimum atomic E-state index is -1.26. The largest absolute Gasteiger partial charge is 0.369 e. The number of halogens is 3. The normalized spacial score (nSPS) is 28.9. The molecular weight excluding hydrogens is 432 g/mol. The minimum Gasteiger partial charge on any atom is -0.369 e. The molecule has 0 radical (unpaired) electrons. The van der Waals surface area contributed by atoms with Crippen molar-refractivity contribution in [3.63, 3.8) is 0 Å². The molecule has 0 bridgehead atoms. The standard InChI is InChI=1S/C21H24Cl2FN3O3/c1-20(7-2-3-8-20)16(14-13(24)5-4-12(22)15(14)23)27-19(30)26-18(29)21(27)9-6-11(10-21)17(25)28/h4-5,11,16H,2-3,6-10H2,1H3,(H2,25,28)(H,26,29,30)/t11?,16-,21?/m1/s1. The molecule has 2 saturated carbocycles. The van der Waals surface area contributed by atoms with Gasteiger partial charge in [-0.05, 0) is 49.7 Å². The number of nitrogens with two attached hydrogens (primary N) is 1. The van der Waals surface area contributed by atoms with Crippen molar-refractivity contribution in [2.75, 3.05) is 0 Å². The zero-order valence-corrected chi connectivity index (χ0v) is 18.2. The summed E-state index contributed by atoms with van der Waals surface area (Å²) >= 11 is 12.7. The number of rotatable bonds is 4. The average molecular weight is 456 g/mol. The Hall–Kier alpha value is -1.86. The third-order valence-corrected chi connectivity index (χ3v) is 8.05. The summed E-state index contributed by atoms with van der Waals surface area (Å²) in [5, 5.41) is 2.63. The maximum absolute atomic E-state index is 15.2. The quantitative estimate of drug-likeness (QED) is 0.522. The second-order valence-electron chi connectivity index (χ2n) is 9.02. The number of nitrogens with one attached hydrogen (secondary N) is 1. The summed E-state index contributed by atoms with van der Waals surface area (Å²) in [7, 11) is 0. The molecule has 3 fully saturated rings. The van der Waals surface area contributed by atoms with Crippen molar-refractivity contribution >= 4 is 41.0 Å². The van der Waals surface area contributed by atoms with E-state index in [1.807, 2.05) is 6.92 Å². The summed E-state index contributed by atoms with van der Waals surface area (Å²) in [4.78, 5) is 39.4. The van der Waals surface area contributed by atoms with Gasteiger partial charge >= 0.3 is 6.03 Å². The first-order valence-corrected chi connectivity index (χ1v) is 10.9. The zero-order valence-electron chi connectivity index (χ0n) is 16.6. The van der Waals surface area contributed by atoms with Gasteiger partial charge in [0.15, 0.2) is 0 Å². The molecule has 2 aliphatic carbocycles. The summed E-state index contributed by atoms with van der Waals surface area (Å²) in [5.41, 5.74) is 3.87. The Morgan fingerprint density at radius 1 is 1.27 bits per heavy atom. The number of urea groups is 1. The van der Waals surface area contributed by atoms with Crippen LogP contribution in [0.15, 0.2) is 12.1 Å². The van der Waals surface area contributed by atoms with Crippen molar-refractivity contribution in [3.05, 3.63) is 33.6 Å². The van der Waals surface area contributed by atoms with E-state index in [-0.39, 0.29) is 28.5 Å². The summed E-state index contributed by atoms with van der Waals surface area (Å²) in [6.45, 7) is 1.99. The first-order chi connectivity index (χ1) is 14.1. The highest BCUT2D eigenvalue weighted by atomic mass is 35.5. The van der Waals surface area contributed by atoms with Crippen molar-refractivity contribution in [2.24, 2.45) is 17.1 Å². The van der Waals surface area contributed by atoms with Gasteiger partial charge in [0.25, 0.3) is 5.91 Å². The Bertz CT molecular complexity index is 934. The SMILES string of the molecule is CC1([C@@H](c2c(F)ccc(Cl)c2Cl)N2C(=O)NC(=O)C23CCC(C(N)=O)C3)CCCC1. The summed E-state index contributed by atoms with van der Waals surface area (Å²) in [6.07, 6.45) is 4.12. The van der Waals surface area contributed by atoms with Crippen LogP contribution in [-0.2, 0) is 9.59 Å². The van der Waals surface area contributed by atoms with Crippen molar-refractivity contribution < 1.29 is 18.8 Å². The van der Waals surface area contributed by atoms with Crippen LogP contribution in [0.4, 0.5) is 9.18 Å². The van der Waals surface area contributed by atoms with E-state index in [0.29, 0.717) is 6.42 Å². The van der Waals surface area contributed by atoms with Crippen molar-refractivity contribution in [1.82, 2.24) is 10.2 Å². The van der Waals surface area contributed by atoms with Gasteiger partial charge in [-0.15, -0.1) is 0 Å². The second-order valence-corrected chi connectivity index (χ2v) is 9.81. The van der Waals surface area contributed by atoms with Crippen LogP contribution in [0, 0.1) is 17.2 Å². The Morgan fingerprint density at radius 2 is 1.93 bits per heavy atom. The highest BCUT2D eigenvalue weighted by Crippen LogP contribution is 2.57. The van der Waals surface area contributed by atoms with E-state index in [9.17, 15) is 14.4 Å². The highest BCUT2D eigenvalue weighted by Gasteiger charge is 2.62. The molecule has 3 N–H and O–H groups in total. The van der Waals surface area contributed by atoms with Crippen LogP contribution in [0.3, 0.4) is 0 Å². The van der Waals surface area contributed by atoms with Gasteiger partial charge in [-0.1, -0.05) is 43.0 Å². The minimum absolute atomic E-state index is 0.0431. The van der Waals surface area contributed by atoms with Gasteiger partial charge in [0.1, 0.15) is 11.4 Å². The van der Waals surface area contributed by atoms with Gasteiger partial charge < -0.3 is 10.6 Å². The maximum Gasteiger partial charge on any atom is 0.325 e. The zero-order chi connectivity index (χ0) is 21.8. The lowest BCUT2D eigenvalue weighted by Gasteiger charge is -2.46. The molecule has 30 heavy (non-hydrogen) atoms. The molecule has 1 aliphatic heterocycles. The predicted molar refractivity (Wildman–Crippen MR) is 110 cm³/mol. The fraction of sp³-hybridized carbons (Fsp3) is 0.571. The Balaban J connectivity index is 1.91. The average Bonchev–Trinajstić information content (AvgIpc) is 3.37.